The van der Waals surface area contributed by atoms with Crippen LogP contribution in [0.3, 0.4) is 0 Å². The van der Waals surface area contributed by atoms with E-state index in [1.54, 1.807) is 35.9 Å². The number of methoxy groups -OCH3 is 1. The van der Waals surface area contributed by atoms with E-state index in [0.717, 1.165) is 12.1 Å². The third-order valence-corrected chi connectivity index (χ3v) is 6.46. The van der Waals surface area contributed by atoms with Crippen LogP contribution in [0.15, 0.2) is 64.3 Å². The van der Waals surface area contributed by atoms with Gasteiger partial charge in [-0.2, -0.15) is 0 Å². The minimum Gasteiger partial charge on any atom is -0.480 e. The Labute approximate surface area is 197 Å². The Morgan fingerprint density at radius 2 is 1.86 bits per heavy atom. The van der Waals surface area contributed by atoms with Gasteiger partial charge in [0.15, 0.2) is 0 Å². The molecule has 0 bridgehead atoms. The van der Waals surface area contributed by atoms with Crippen LogP contribution in [0.5, 0.6) is 5.88 Å². The van der Waals surface area contributed by atoms with Gasteiger partial charge in [-0.05, 0) is 30.3 Å². The van der Waals surface area contributed by atoms with Crippen LogP contribution in [0.2, 0.25) is 0 Å². The highest BCUT2D eigenvalue weighted by Gasteiger charge is 2.22. The van der Waals surface area contributed by atoms with Crippen LogP contribution < -0.4 is 9.46 Å². The van der Waals surface area contributed by atoms with Gasteiger partial charge in [-0.3, -0.25) is 9.12 Å². The molecule has 5 rings (SSSR count). The van der Waals surface area contributed by atoms with Gasteiger partial charge < -0.3 is 9.15 Å². The van der Waals surface area contributed by atoms with Gasteiger partial charge in [-0.15, -0.1) is 10.2 Å². The summed E-state index contributed by atoms with van der Waals surface area (Å²) >= 11 is 0. The number of aromatic nitrogens is 5. The molecule has 0 amide bonds. The summed E-state index contributed by atoms with van der Waals surface area (Å²) in [7, 11) is -3.10. The number of halogens is 2. The number of pyridine rings is 2. The van der Waals surface area contributed by atoms with Crippen molar-refractivity contribution >= 4 is 21.4 Å². The molecule has 1 aromatic carbocycles. The van der Waals surface area contributed by atoms with E-state index in [0.29, 0.717) is 34.4 Å². The summed E-state index contributed by atoms with van der Waals surface area (Å²) in [6.07, 6.45) is 4.83. The van der Waals surface area contributed by atoms with E-state index in [1.807, 2.05) is 0 Å². The van der Waals surface area contributed by atoms with Crippen molar-refractivity contribution in [3.63, 3.8) is 0 Å². The molecule has 5 aromatic rings. The van der Waals surface area contributed by atoms with Crippen LogP contribution in [0.1, 0.15) is 5.89 Å². The second kappa shape index (κ2) is 8.43. The van der Waals surface area contributed by atoms with Crippen molar-refractivity contribution in [3.8, 4) is 28.6 Å². The molecule has 0 saturated heterocycles. The normalized spacial score (nSPS) is 11.7. The standard InChI is InChI=1S/C22H16F2N6O4S/c1-12-27-28-22(34-12)18-10-25-20-6-3-13(11-30(18)20)14-7-17(21(33-2)26-9-14)29-35(31,32)19-5-4-15(23)8-16(19)24/h3-11,29H,1-2H3. The van der Waals surface area contributed by atoms with Crippen molar-refractivity contribution in [2.45, 2.75) is 11.8 Å². The van der Waals surface area contributed by atoms with Crippen molar-refractivity contribution in [1.82, 2.24) is 24.6 Å². The number of hydrogen-bond acceptors (Lipinski definition) is 8. The second-order valence-electron chi connectivity index (χ2n) is 7.38. The Morgan fingerprint density at radius 1 is 1.03 bits per heavy atom. The number of benzene rings is 1. The zero-order chi connectivity index (χ0) is 24.7. The van der Waals surface area contributed by atoms with Crippen LogP contribution in [0.25, 0.3) is 28.4 Å². The van der Waals surface area contributed by atoms with E-state index in [-0.39, 0.29) is 17.5 Å². The fourth-order valence-corrected chi connectivity index (χ4v) is 4.56. The number of fused-ring (bicyclic) bond motifs is 1. The van der Waals surface area contributed by atoms with Crippen molar-refractivity contribution in [2.75, 3.05) is 11.8 Å². The smallest absolute Gasteiger partial charge is 0.266 e. The minimum absolute atomic E-state index is 0.0350. The summed E-state index contributed by atoms with van der Waals surface area (Å²) in [5, 5.41) is 7.86. The molecule has 0 saturated carbocycles. The third-order valence-electron chi connectivity index (χ3n) is 5.06. The first-order valence-electron chi connectivity index (χ1n) is 10.0. The number of nitrogens with zero attached hydrogens (tertiary/aromatic N) is 5. The topological polar surface area (TPSA) is 125 Å². The largest absolute Gasteiger partial charge is 0.480 e. The van der Waals surface area contributed by atoms with Gasteiger partial charge in [-0.25, -0.2) is 27.2 Å². The predicted octanol–water partition coefficient (Wildman–Crippen LogP) is 3.84. The SMILES string of the molecule is COc1ncc(-c2ccc3ncc(-c4nnc(C)o4)n3c2)cc1NS(=O)(=O)c1ccc(F)cc1F. The summed E-state index contributed by atoms with van der Waals surface area (Å²) in [6, 6.07) is 7.19. The average molecular weight is 498 g/mol. The number of aryl methyl sites for hydroxylation is 1. The zero-order valence-electron chi connectivity index (χ0n) is 18.2. The molecule has 1 N–H and O–H groups in total. The van der Waals surface area contributed by atoms with Gasteiger partial charge >= 0.3 is 0 Å². The minimum atomic E-state index is -4.41. The quantitative estimate of drug-likeness (QED) is 0.374. The van der Waals surface area contributed by atoms with Crippen molar-refractivity contribution in [1.29, 1.82) is 0 Å². The average Bonchev–Trinajstić information content (AvgIpc) is 3.43. The van der Waals surface area contributed by atoms with Crippen molar-refractivity contribution < 1.29 is 26.4 Å². The van der Waals surface area contributed by atoms with Crippen LogP contribution in [0.4, 0.5) is 14.5 Å². The number of nitrogens with one attached hydrogen (secondary N) is 1. The molecule has 178 valence electrons. The Kier molecular flexibility index (Phi) is 5.40. The number of anilines is 1. The Hall–Kier alpha value is -4.39. The van der Waals surface area contributed by atoms with Gasteiger partial charge in [0.2, 0.25) is 11.8 Å². The first-order valence-corrected chi connectivity index (χ1v) is 11.5. The molecular weight excluding hydrogens is 482 g/mol. The van der Waals surface area contributed by atoms with E-state index in [2.05, 4.69) is 24.9 Å². The first kappa shape index (κ1) is 22.4. The molecule has 0 aliphatic rings. The molecule has 0 spiro atoms. The van der Waals surface area contributed by atoms with Crippen LogP contribution in [-0.2, 0) is 10.0 Å². The molecule has 0 fully saturated rings. The highest BCUT2D eigenvalue weighted by molar-refractivity contribution is 7.92. The van der Waals surface area contributed by atoms with E-state index in [9.17, 15) is 17.2 Å². The van der Waals surface area contributed by atoms with Gasteiger partial charge in [0.05, 0.1) is 13.3 Å². The Bertz CT molecular complexity index is 1680. The van der Waals surface area contributed by atoms with Gasteiger partial charge in [-0.1, -0.05) is 0 Å². The summed E-state index contributed by atoms with van der Waals surface area (Å²) in [6.45, 7) is 1.68. The van der Waals surface area contributed by atoms with Crippen LogP contribution in [-0.4, -0.2) is 40.1 Å². The molecule has 0 aliphatic carbocycles. The second-order valence-corrected chi connectivity index (χ2v) is 9.03. The Balaban J connectivity index is 1.56. The molecule has 13 heteroatoms. The number of sulfonamides is 1. The molecular formula is C22H16F2N6O4S. The first-order chi connectivity index (χ1) is 16.7. The van der Waals surface area contributed by atoms with Crippen LogP contribution >= 0.6 is 0 Å². The fourth-order valence-electron chi connectivity index (χ4n) is 3.45. The van der Waals surface area contributed by atoms with E-state index in [4.69, 9.17) is 9.15 Å². The predicted molar refractivity (Wildman–Crippen MR) is 120 cm³/mol. The third kappa shape index (κ3) is 4.17. The lowest BCUT2D eigenvalue weighted by atomic mass is 10.1. The van der Waals surface area contributed by atoms with E-state index >= 15 is 0 Å². The number of ether oxygens (including phenoxy) is 1. The molecule has 0 atom stereocenters. The van der Waals surface area contributed by atoms with Crippen LogP contribution in [0, 0.1) is 18.6 Å². The maximum absolute atomic E-state index is 14.1. The van der Waals surface area contributed by atoms with Gasteiger partial charge in [0.25, 0.3) is 15.9 Å². The molecule has 0 unspecified atom stereocenters. The number of imidazole rings is 1. The molecule has 0 aliphatic heterocycles. The van der Waals surface area contributed by atoms with Crippen molar-refractivity contribution in [3.05, 3.63) is 72.5 Å². The summed E-state index contributed by atoms with van der Waals surface area (Å²) in [4.78, 5) is 7.78. The number of rotatable bonds is 6. The lowest BCUT2D eigenvalue weighted by Crippen LogP contribution is -2.15. The van der Waals surface area contributed by atoms with E-state index < -0.39 is 26.6 Å². The molecule has 35 heavy (non-hydrogen) atoms. The summed E-state index contributed by atoms with van der Waals surface area (Å²) < 4.78 is 67.7. The molecule has 4 aromatic heterocycles. The highest BCUT2D eigenvalue weighted by Crippen LogP contribution is 2.31. The van der Waals surface area contributed by atoms with Gasteiger partial charge in [0.1, 0.15) is 33.6 Å². The Morgan fingerprint density at radius 3 is 2.57 bits per heavy atom. The lowest BCUT2D eigenvalue weighted by molar-refractivity contribution is 0.400. The lowest BCUT2D eigenvalue weighted by Gasteiger charge is -2.13. The zero-order valence-corrected chi connectivity index (χ0v) is 19.0. The fraction of sp³-hybridized carbons (Fsp3) is 0.0909. The molecule has 10 nitrogen and oxygen atoms in total. The van der Waals surface area contributed by atoms with Gasteiger partial charge in [0, 0.05) is 36.5 Å². The summed E-state index contributed by atoms with van der Waals surface area (Å²) in [5.74, 6) is -1.47. The molecule has 0 radical (unpaired) electrons. The van der Waals surface area contributed by atoms with Crippen molar-refractivity contribution in [2.24, 2.45) is 0 Å². The molecule has 4 heterocycles. The maximum Gasteiger partial charge on any atom is 0.266 e. The monoisotopic (exact) mass is 498 g/mol. The highest BCUT2D eigenvalue weighted by atomic mass is 32.2. The maximum atomic E-state index is 14.1. The summed E-state index contributed by atoms with van der Waals surface area (Å²) in [5.41, 5.74) is 2.32. The number of hydrogen-bond donors (Lipinski definition) is 1. The van der Waals surface area contributed by atoms with E-state index in [1.165, 1.54) is 19.4 Å².